The minimum absolute atomic E-state index is 0.00980. The molecule has 1 saturated heterocycles. The molecule has 2 aliphatic rings. The average molecular weight is 590 g/mol. The van der Waals surface area contributed by atoms with Crippen molar-refractivity contribution in [2.75, 3.05) is 13.1 Å². The molecule has 1 fully saturated rings. The fourth-order valence-electron chi connectivity index (χ4n) is 6.32. The molecular formula is C28H28F5N7O2. The fourth-order valence-corrected chi connectivity index (χ4v) is 6.32. The Morgan fingerprint density at radius 3 is 2.57 bits per heavy atom. The Labute approximate surface area is 236 Å². The van der Waals surface area contributed by atoms with E-state index < -0.39 is 36.1 Å². The average Bonchev–Trinajstić information content (AvgIpc) is 3.43. The summed E-state index contributed by atoms with van der Waals surface area (Å²) in [5.74, 6) is -3.49. The van der Waals surface area contributed by atoms with Gasteiger partial charge in [-0.05, 0) is 49.4 Å². The van der Waals surface area contributed by atoms with E-state index in [1.807, 2.05) is 6.07 Å². The van der Waals surface area contributed by atoms with Crippen LogP contribution in [0.2, 0.25) is 0 Å². The number of carbonyl (C=O) groups is 1. The van der Waals surface area contributed by atoms with Crippen LogP contribution in [0, 0.1) is 11.6 Å². The lowest BCUT2D eigenvalue weighted by molar-refractivity contribution is -0.133. The fraction of sp³-hybridized carbons (Fsp3) is 0.464. The molecule has 2 atom stereocenters. The van der Waals surface area contributed by atoms with Crippen LogP contribution in [0.15, 0.2) is 41.3 Å². The molecule has 2 aliphatic heterocycles. The first-order chi connectivity index (χ1) is 20.1. The molecule has 14 heteroatoms. The Balaban J connectivity index is 1.20. The van der Waals surface area contributed by atoms with Crippen LogP contribution in [0.25, 0.3) is 11.2 Å². The highest BCUT2D eigenvalue weighted by atomic mass is 19.4. The van der Waals surface area contributed by atoms with Crippen molar-refractivity contribution in [2.45, 2.75) is 69.1 Å². The lowest BCUT2D eigenvalue weighted by Crippen LogP contribution is -2.41. The lowest BCUT2D eigenvalue weighted by Gasteiger charge is -2.33. The van der Waals surface area contributed by atoms with Crippen LogP contribution in [-0.2, 0) is 17.8 Å². The van der Waals surface area contributed by atoms with Crippen LogP contribution < -0.4 is 5.69 Å². The quantitative estimate of drug-likeness (QED) is 0.343. The summed E-state index contributed by atoms with van der Waals surface area (Å²) >= 11 is 0. The van der Waals surface area contributed by atoms with E-state index >= 15 is 0 Å². The van der Waals surface area contributed by atoms with E-state index in [1.54, 1.807) is 21.7 Å². The molecule has 3 aromatic heterocycles. The Hall–Kier alpha value is -4.10. The normalized spacial score (nSPS) is 20.1. The molecule has 6 rings (SSSR count). The molecule has 0 aliphatic carbocycles. The number of H-pyrrole nitrogens is 1. The van der Waals surface area contributed by atoms with Crippen molar-refractivity contribution in [3.8, 4) is 0 Å². The van der Waals surface area contributed by atoms with E-state index in [2.05, 4.69) is 20.2 Å². The smallest absolute Gasteiger partial charge is 0.343 e. The molecule has 9 nitrogen and oxygen atoms in total. The Morgan fingerprint density at radius 2 is 1.81 bits per heavy atom. The van der Waals surface area contributed by atoms with Crippen molar-refractivity contribution >= 4 is 17.1 Å². The van der Waals surface area contributed by atoms with Gasteiger partial charge < -0.3 is 9.47 Å². The predicted molar refractivity (Wildman–Crippen MR) is 141 cm³/mol. The first kappa shape index (κ1) is 28.0. The molecule has 0 saturated carbocycles. The number of benzene rings is 1. The standard InChI is InChI=1S/C28H28F5N7O2/c29-20-4-1-3-19(24(20)30)17-7-6-16(26-37-36-22(39(26)15-17)14-28(31,32)33)13-23(41)38-11-8-18(9-12-38)40-21-5-2-10-34-25(21)35-27(40)42/h1-5,10,16-18H,6-9,11-15H2,(H,34,35,42)/t16?,17-/m1/s1. The van der Waals surface area contributed by atoms with Gasteiger partial charge in [-0.25, -0.2) is 18.6 Å². The van der Waals surface area contributed by atoms with Crippen LogP contribution in [0.3, 0.4) is 0 Å². The third-order valence-corrected chi connectivity index (χ3v) is 8.36. The number of piperidine rings is 1. The summed E-state index contributed by atoms with van der Waals surface area (Å²) in [6.45, 7) is 0.746. The number of likely N-dealkylation sites (tertiary alicyclic amines) is 1. The number of halogens is 5. The van der Waals surface area contributed by atoms with E-state index in [0.717, 1.165) is 6.07 Å². The van der Waals surface area contributed by atoms with Gasteiger partial charge in [-0.3, -0.25) is 14.3 Å². The number of pyridine rings is 1. The Kier molecular flexibility index (Phi) is 7.31. The molecule has 5 heterocycles. The predicted octanol–water partition coefficient (Wildman–Crippen LogP) is 4.61. The number of nitrogens with zero attached hydrogens (tertiary/aromatic N) is 6. The van der Waals surface area contributed by atoms with Crippen LogP contribution >= 0.6 is 0 Å². The topological polar surface area (TPSA) is 102 Å². The summed E-state index contributed by atoms with van der Waals surface area (Å²) in [5.41, 5.74) is 1.01. The van der Waals surface area contributed by atoms with Crippen LogP contribution in [0.1, 0.15) is 67.2 Å². The third-order valence-electron chi connectivity index (χ3n) is 8.36. The molecule has 222 valence electrons. The molecular weight excluding hydrogens is 561 g/mol. The second kappa shape index (κ2) is 11.0. The summed E-state index contributed by atoms with van der Waals surface area (Å²) in [4.78, 5) is 34.7. The summed E-state index contributed by atoms with van der Waals surface area (Å²) < 4.78 is 71.8. The Bertz CT molecular complexity index is 1670. The number of hydrogen-bond acceptors (Lipinski definition) is 5. The Morgan fingerprint density at radius 1 is 1.02 bits per heavy atom. The summed E-state index contributed by atoms with van der Waals surface area (Å²) in [6.07, 6.45) is -2.53. The molecule has 0 bridgehead atoms. The van der Waals surface area contributed by atoms with E-state index in [-0.39, 0.29) is 47.8 Å². The monoisotopic (exact) mass is 589 g/mol. The number of aromatic nitrogens is 6. The zero-order chi connectivity index (χ0) is 29.6. The van der Waals surface area contributed by atoms with Gasteiger partial charge in [0, 0.05) is 50.1 Å². The number of alkyl halides is 3. The van der Waals surface area contributed by atoms with Gasteiger partial charge >= 0.3 is 11.9 Å². The van der Waals surface area contributed by atoms with Gasteiger partial charge in [0.05, 0.1) is 5.52 Å². The SMILES string of the molecule is O=C(CC1CC[C@@H](c2cccc(F)c2F)Cn2c(CC(F)(F)F)nnc21)N1CCC(n2c(=O)[nH]c3ncccc32)CC1. The van der Waals surface area contributed by atoms with Crippen molar-refractivity contribution in [1.29, 1.82) is 0 Å². The number of carbonyl (C=O) groups excluding carboxylic acids is 1. The van der Waals surface area contributed by atoms with Gasteiger partial charge in [-0.1, -0.05) is 12.1 Å². The van der Waals surface area contributed by atoms with Crippen LogP contribution in [-0.4, -0.2) is 59.4 Å². The maximum Gasteiger partial charge on any atom is 0.396 e. The number of rotatable bonds is 5. The van der Waals surface area contributed by atoms with E-state index in [0.29, 0.717) is 49.9 Å². The molecule has 1 amide bonds. The van der Waals surface area contributed by atoms with Gasteiger partial charge in [-0.2, -0.15) is 13.2 Å². The second-order valence-corrected chi connectivity index (χ2v) is 11.0. The number of fused-ring (bicyclic) bond motifs is 2. The van der Waals surface area contributed by atoms with Crippen LogP contribution in [0.5, 0.6) is 0 Å². The molecule has 1 N–H and O–H groups in total. The minimum atomic E-state index is -4.55. The highest BCUT2D eigenvalue weighted by Crippen LogP contribution is 2.38. The van der Waals surface area contributed by atoms with E-state index in [9.17, 15) is 31.5 Å². The van der Waals surface area contributed by atoms with Crippen molar-refractivity contribution in [1.82, 2.24) is 34.2 Å². The first-order valence-corrected chi connectivity index (χ1v) is 13.8. The molecule has 1 unspecified atom stereocenters. The third kappa shape index (κ3) is 5.41. The second-order valence-electron chi connectivity index (χ2n) is 11.0. The van der Waals surface area contributed by atoms with E-state index in [1.165, 1.54) is 16.7 Å². The van der Waals surface area contributed by atoms with Gasteiger partial charge in [-0.15, -0.1) is 10.2 Å². The maximum absolute atomic E-state index is 14.7. The van der Waals surface area contributed by atoms with E-state index in [4.69, 9.17) is 0 Å². The van der Waals surface area contributed by atoms with Crippen molar-refractivity contribution in [3.63, 3.8) is 0 Å². The minimum Gasteiger partial charge on any atom is -0.343 e. The number of nitrogens with one attached hydrogen (secondary N) is 1. The molecule has 0 spiro atoms. The molecule has 42 heavy (non-hydrogen) atoms. The van der Waals surface area contributed by atoms with Gasteiger partial charge in [0.25, 0.3) is 0 Å². The van der Waals surface area contributed by atoms with Gasteiger partial charge in [0.15, 0.2) is 17.3 Å². The van der Waals surface area contributed by atoms with Crippen molar-refractivity contribution in [2.24, 2.45) is 0 Å². The summed E-state index contributed by atoms with van der Waals surface area (Å²) in [7, 11) is 0. The van der Waals surface area contributed by atoms with Crippen molar-refractivity contribution in [3.05, 3.63) is 75.9 Å². The van der Waals surface area contributed by atoms with Crippen LogP contribution in [0.4, 0.5) is 22.0 Å². The highest BCUT2D eigenvalue weighted by molar-refractivity contribution is 5.77. The van der Waals surface area contributed by atoms with Gasteiger partial charge in [0.2, 0.25) is 5.91 Å². The largest absolute Gasteiger partial charge is 0.396 e. The number of hydrogen-bond donors (Lipinski definition) is 1. The zero-order valence-electron chi connectivity index (χ0n) is 22.4. The lowest BCUT2D eigenvalue weighted by atomic mass is 9.89. The maximum atomic E-state index is 14.7. The molecule has 1 aromatic carbocycles. The zero-order valence-corrected chi connectivity index (χ0v) is 22.4. The van der Waals surface area contributed by atoms with Gasteiger partial charge in [0.1, 0.15) is 18.1 Å². The number of amides is 1. The molecule has 4 aromatic rings. The number of imidazole rings is 1. The summed E-state index contributed by atoms with van der Waals surface area (Å²) in [5, 5.41) is 7.85. The molecule has 0 radical (unpaired) electrons. The number of aromatic amines is 1. The highest BCUT2D eigenvalue weighted by Gasteiger charge is 2.37. The first-order valence-electron chi connectivity index (χ1n) is 13.8. The summed E-state index contributed by atoms with van der Waals surface area (Å²) in [6, 6.07) is 7.24. The van der Waals surface area contributed by atoms with Crippen molar-refractivity contribution < 1.29 is 26.7 Å².